The number of hydrogen-bond acceptors (Lipinski definition) is 3. The lowest BCUT2D eigenvalue weighted by atomic mass is 9.94. The third-order valence-electron chi connectivity index (χ3n) is 4.00. The van der Waals surface area contributed by atoms with Crippen LogP contribution in [0.25, 0.3) is 5.69 Å². The van der Waals surface area contributed by atoms with Crippen molar-refractivity contribution in [2.24, 2.45) is 5.73 Å². The van der Waals surface area contributed by atoms with Crippen LogP contribution in [-0.2, 0) is 0 Å². The predicted molar refractivity (Wildman–Crippen MR) is 93.4 cm³/mol. The van der Waals surface area contributed by atoms with Crippen LogP contribution in [0.1, 0.15) is 37.2 Å². The highest BCUT2D eigenvalue weighted by Gasteiger charge is 2.21. The van der Waals surface area contributed by atoms with E-state index in [4.69, 9.17) is 28.9 Å². The van der Waals surface area contributed by atoms with Crippen molar-refractivity contribution in [3.05, 3.63) is 46.2 Å². The minimum absolute atomic E-state index is 0.250. The number of benzene rings is 1. The van der Waals surface area contributed by atoms with E-state index in [1.54, 1.807) is 35.1 Å². The average Bonchev–Trinajstić information content (AvgIpc) is 3.05. The molecule has 7 heteroatoms. The van der Waals surface area contributed by atoms with Crippen LogP contribution in [0.15, 0.2) is 30.5 Å². The molecule has 0 aliphatic heterocycles. The highest BCUT2D eigenvalue weighted by Crippen LogP contribution is 2.24. The zero-order valence-electron chi connectivity index (χ0n) is 13.1. The number of aromatic nitrogens is 2. The number of carbonyl (C=O) groups is 1. The first-order valence-corrected chi connectivity index (χ1v) is 8.22. The van der Waals surface area contributed by atoms with Gasteiger partial charge in [-0.2, -0.15) is 5.10 Å². The molecule has 1 aromatic carbocycles. The minimum atomic E-state index is -0.387. The van der Waals surface area contributed by atoms with Crippen LogP contribution in [0.2, 0.25) is 10.0 Å². The molecule has 0 bridgehead atoms. The Hall–Kier alpha value is -1.56. The number of nitrogens with two attached hydrogens (primary N) is 1. The first-order valence-electron chi connectivity index (χ1n) is 7.46. The molecule has 0 saturated heterocycles. The maximum atomic E-state index is 12.2. The number of amides is 1. The highest BCUT2D eigenvalue weighted by atomic mass is 35.5. The SMILES string of the molecule is CCC(N)(CC)CNC(=O)c1ccn(-c2ccc(Cl)c(Cl)c2)n1. The summed E-state index contributed by atoms with van der Waals surface area (Å²) < 4.78 is 1.58. The summed E-state index contributed by atoms with van der Waals surface area (Å²) in [5.41, 5.74) is 6.85. The van der Waals surface area contributed by atoms with E-state index in [1.807, 2.05) is 13.8 Å². The molecular formula is C16H20Cl2N4O. The number of carbonyl (C=O) groups excluding carboxylic acids is 1. The van der Waals surface area contributed by atoms with Gasteiger partial charge in [0.1, 0.15) is 0 Å². The maximum absolute atomic E-state index is 12.2. The van der Waals surface area contributed by atoms with Gasteiger partial charge in [0.25, 0.3) is 5.91 Å². The molecule has 0 spiro atoms. The highest BCUT2D eigenvalue weighted by molar-refractivity contribution is 6.42. The molecule has 0 radical (unpaired) electrons. The molecule has 0 fully saturated rings. The zero-order chi connectivity index (χ0) is 17.0. The average molecular weight is 355 g/mol. The Labute approximate surface area is 145 Å². The summed E-state index contributed by atoms with van der Waals surface area (Å²) in [5.74, 6) is -0.250. The lowest BCUT2D eigenvalue weighted by Gasteiger charge is -2.26. The molecule has 5 nitrogen and oxygen atoms in total. The van der Waals surface area contributed by atoms with Gasteiger partial charge in [-0.15, -0.1) is 0 Å². The molecule has 0 aliphatic carbocycles. The van der Waals surface area contributed by atoms with Crippen molar-refractivity contribution in [3.63, 3.8) is 0 Å². The molecule has 124 valence electrons. The number of halogens is 2. The summed E-state index contributed by atoms with van der Waals surface area (Å²) >= 11 is 11.9. The van der Waals surface area contributed by atoms with Gasteiger partial charge < -0.3 is 11.1 Å². The van der Waals surface area contributed by atoms with Gasteiger partial charge in [-0.05, 0) is 37.1 Å². The van der Waals surface area contributed by atoms with E-state index in [0.29, 0.717) is 22.3 Å². The summed E-state index contributed by atoms with van der Waals surface area (Å²) in [6.07, 6.45) is 3.28. The van der Waals surface area contributed by atoms with Crippen molar-refractivity contribution in [3.8, 4) is 5.69 Å². The fourth-order valence-electron chi connectivity index (χ4n) is 2.06. The van der Waals surface area contributed by atoms with E-state index in [-0.39, 0.29) is 11.4 Å². The smallest absolute Gasteiger partial charge is 0.271 e. The van der Waals surface area contributed by atoms with Gasteiger partial charge in [-0.25, -0.2) is 4.68 Å². The van der Waals surface area contributed by atoms with Gasteiger partial charge in [0.2, 0.25) is 0 Å². The molecule has 1 heterocycles. The van der Waals surface area contributed by atoms with Crippen LogP contribution in [0.4, 0.5) is 0 Å². The van der Waals surface area contributed by atoms with Crippen molar-refractivity contribution in [1.82, 2.24) is 15.1 Å². The molecule has 1 amide bonds. The maximum Gasteiger partial charge on any atom is 0.271 e. The molecule has 0 aliphatic rings. The fourth-order valence-corrected chi connectivity index (χ4v) is 2.36. The summed E-state index contributed by atoms with van der Waals surface area (Å²) in [6.45, 7) is 4.43. The summed E-state index contributed by atoms with van der Waals surface area (Å²) in [6, 6.07) is 6.81. The lowest BCUT2D eigenvalue weighted by Crippen LogP contribution is -2.49. The van der Waals surface area contributed by atoms with E-state index in [9.17, 15) is 4.79 Å². The van der Waals surface area contributed by atoms with Crippen LogP contribution in [0, 0.1) is 0 Å². The van der Waals surface area contributed by atoms with Crippen LogP contribution in [0.3, 0.4) is 0 Å². The Morgan fingerprint density at radius 2 is 1.96 bits per heavy atom. The molecule has 2 rings (SSSR count). The van der Waals surface area contributed by atoms with Gasteiger partial charge >= 0.3 is 0 Å². The first kappa shape index (κ1) is 17.8. The Bertz CT molecular complexity index is 695. The summed E-state index contributed by atoms with van der Waals surface area (Å²) in [7, 11) is 0. The van der Waals surface area contributed by atoms with Crippen LogP contribution in [0.5, 0.6) is 0 Å². The van der Waals surface area contributed by atoms with Gasteiger partial charge in [0.05, 0.1) is 15.7 Å². The second-order valence-electron chi connectivity index (χ2n) is 5.50. The largest absolute Gasteiger partial charge is 0.349 e. The number of rotatable bonds is 6. The van der Waals surface area contributed by atoms with Crippen molar-refractivity contribution in [1.29, 1.82) is 0 Å². The number of nitrogens with zero attached hydrogens (tertiary/aromatic N) is 2. The van der Waals surface area contributed by atoms with Crippen molar-refractivity contribution in [2.45, 2.75) is 32.2 Å². The van der Waals surface area contributed by atoms with Crippen molar-refractivity contribution in [2.75, 3.05) is 6.54 Å². The van der Waals surface area contributed by atoms with Gasteiger partial charge in [-0.1, -0.05) is 37.0 Å². The summed E-state index contributed by atoms with van der Waals surface area (Å²) in [5, 5.41) is 8.01. The van der Waals surface area contributed by atoms with E-state index in [2.05, 4.69) is 10.4 Å². The molecule has 0 saturated carbocycles. The van der Waals surface area contributed by atoms with E-state index in [0.717, 1.165) is 18.5 Å². The topological polar surface area (TPSA) is 72.9 Å². The van der Waals surface area contributed by atoms with Gasteiger partial charge in [0.15, 0.2) is 5.69 Å². The zero-order valence-corrected chi connectivity index (χ0v) is 14.7. The predicted octanol–water partition coefficient (Wildman–Crippen LogP) is 3.43. The third kappa shape index (κ3) is 4.25. The first-order chi connectivity index (χ1) is 10.9. The van der Waals surface area contributed by atoms with Crippen LogP contribution in [-0.4, -0.2) is 27.8 Å². The lowest BCUT2D eigenvalue weighted by molar-refractivity contribution is 0.0936. The summed E-state index contributed by atoms with van der Waals surface area (Å²) in [4.78, 5) is 12.2. The molecule has 3 N–H and O–H groups in total. The molecule has 0 atom stereocenters. The van der Waals surface area contributed by atoms with E-state index < -0.39 is 0 Å². The van der Waals surface area contributed by atoms with Gasteiger partial charge in [0, 0.05) is 18.3 Å². The minimum Gasteiger partial charge on any atom is -0.349 e. The van der Waals surface area contributed by atoms with E-state index >= 15 is 0 Å². The molecule has 2 aromatic rings. The molecule has 0 unspecified atom stereocenters. The van der Waals surface area contributed by atoms with Crippen molar-refractivity contribution < 1.29 is 4.79 Å². The van der Waals surface area contributed by atoms with Gasteiger partial charge in [-0.3, -0.25) is 4.79 Å². The standard InChI is InChI=1S/C16H20Cl2N4O/c1-3-16(19,4-2)10-20-15(23)14-7-8-22(21-14)11-5-6-12(17)13(18)9-11/h5-9H,3-4,10,19H2,1-2H3,(H,20,23). The monoisotopic (exact) mass is 354 g/mol. The Morgan fingerprint density at radius 1 is 1.26 bits per heavy atom. The molecular weight excluding hydrogens is 335 g/mol. The van der Waals surface area contributed by atoms with Crippen LogP contribution >= 0.6 is 23.2 Å². The second-order valence-corrected chi connectivity index (χ2v) is 6.31. The fraction of sp³-hybridized carbons (Fsp3) is 0.375. The quantitative estimate of drug-likeness (QED) is 0.834. The van der Waals surface area contributed by atoms with E-state index in [1.165, 1.54) is 0 Å². The third-order valence-corrected chi connectivity index (χ3v) is 4.74. The second kappa shape index (κ2) is 7.34. The number of hydrogen-bond donors (Lipinski definition) is 2. The Kier molecular flexibility index (Phi) is 5.68. The Balaban J connectivity index is 2.09. The Morgan fingerprint density at radius 3 is 2.57 bits per heavy atom. The van der Waals surface area contributed by atoms with Crippen LogP contribution < -0.4 is 11.1 Å². The molecule has 23 heavy (non-hydrogen) atoms. The normalized spacial score (nSPS) is 11.5. The number of nitrogens with one attached hydrogen (secondary N) is 1. The van der Waals surface area contributed by atoms with Crippen molar-refractivity contribution >= 4 is 29.1 Å². The molecule has 1 aromatic heterocycles.